The Morgan fingerprint density at radius 1 is 1.32 bits per heavy atom. The second-order valence-corrected chi connectivity index (χ2v) is 4.84. The number of fused-ring (bicyclic) bond motifs is 1. The first-order valence-corrected chi connectivity index (χ1v) is 6.97. The summed E-state index contributed by atoms with van der Waals surface area (Å²) in [4.78, 5) is 4.40. The summed E-state index contributed by atoms with van der Waals surface area (Å²) in [6.45, 7) is 2.97. The first kappa shape index (κ1) is 12.2. The lowest BCUT2D eigenvalue weighted by molar-refractivity contribution is 0.620. The van der Waals surface area contributed by atoms with Crippen LogP contribution in [0, 0.1) is 0 Å². The Morgan fingerprint density at radius 3 is 3.05 bits per heavy atom. The zero-order valence-electron chi connectivity index (χ0n) is 10.6. The van der Waals surface area contributed by atoms with Gasteiger partial charge in [0.05, 0.1) is 35.2 Å². The number of hydrogen-bond donors (Lipinski definition) is 1. The third-order valence-corrected chi connectivity index (χ3v) is 3.54. The van der Waals surface area contributed by atoms with Gasteiger partial charge in [-0.1, -0.05) is 25.1 Å². The minimum atomic E-state index is 0.0788. The van der Waals surface area contributed by atoms with E-state index >= 15 is 0 Å². The first-order chi connectivity index (χ1) is 9.38. The monoisotopic (exact) mass is 270 g/mol. The van der Waals surface area contributed by atoms with Gasteiger partial charge in [-0.15, -0.1) is 0 Å². The molecule has 1 aromatic carbocycles. The van der Waals surface area contributed by atoms with Crippen LogP contribution in [0.3, 0.4) is 0 Å². The van der Waals surface area contributed by atoms with Crippen LogP contribution >= 0.6 is 11.7 Å². The van der Waals surface area contributed by atoms with E-state index in [1.807, 2.05) is 18.5 Å². The molecule has 0 aliphatic carbocycles. The maximum absolute atomic E-state index is 4.40. The van der Waals surface area contributed by atoms with Crippen molar-refractivity contribution >= 4 is 22.6 Å². The van der Waals surface area contributed by atoms with Crippen molar-refractivity contribution in [2.24, 2.45) is 0 Å². The molecule has 1 unspecified atom stereocenters. The molecule has 2 heterocycles. The molecular formula is C14H14N4S. The largest absolute Gasteiger partial charge is 0.305 e. The van der Waals surface area contributed by atoms with Crippen LogP contribution in [0.15, 0.2) is 42.7 Å². The van der Waals surface area contributed by atoms with Crippen molar-refractivity contribution in [3.05, 3.63) is 54.0 Å². The third-order valence-electron chi connectivity index (χ3n) is 3.05. The van der Waals surface area contributed by atoms with Crippen molar-refractivity contribution in [3.8, 4) is 0 Å². The minimum absolute atomic E-state index is 0.0788. The average Bonchev–Trinajstić information content (AvgIpc) is 2.98. The molecule has 2 aromatic heterocycles. The van der Waals surface area contributed by atoms with Gasteiger partial charge in [-0.25, -0.2) is 0 Å². The summed E-state index contributed by atoms with van der Waals surface area (Å²) < 4.78 is 8.43. The summed E-state index contributed by atoms with van der Waals surface area (Å²) >= 11 is 1.24. The van der Waals surface area contributed by atoms with Crippen LogP contribution in [-0.2, 0) is 0 Å². The Labute approximate surface area is 115 Å². The SMILES string of the molecule is CCNC(c1ccc2cccnc2c1)c1cnsn1. The second-order valence-electron chi connectivity index (χ2n) is 4.28. The Balaban J connectivity index is 2.05. The Kier molecular flexibility index (Phi) is 3.48. The van der Waals surface area contributed by atoms with Gasteiger partial charge in [-0.3, -0.25) is 4.98 Å². The third kappa shape index (κ3) is 2.47. The van der Waals surface area contributed by atoms with Crippen molar-refractivity contribution in [2.75, 3.05) is 6.54 Å². The van der Waals surface area contributed by atoms with E-state index in [2.05, 4.69) is 50.2 Å². The zero-order valence-corrected chi connectivity index (χ0v) is 11.4. The molecule has 4 nitrogen and oxygen atoms in total. The molecule has 0 aliphatic heterocycles. The van der Waals surface area contributed by atoms with Gasteiger partial charge < -0.3 is 5.32 Å². The number of aromatic nitrogens is 3. The zero-order chi connectivity index (χ0) is 13.1. The molecule has 96 valence electrons. The minimum Gasteiger partial charge on any atom is -0.305 e. The van der Waals surface area contributed by atoms with E-state index in [4.69, 9.17) is 0 Å². The van der Waals surface area contributed by atoms with Crippen LogP contribution in [0.2, 0.25) is 0 Å². The van der Waals surface area contributed by atoms with Crippen LogP contribution in [-0.4, -0.2) is 20.3 Å². The van der Waals surface area contributed by atoms with E-state index in [9.17, 15) is 0 Å². The molecule has 0 fully saturated rings. The average molecular weight is 270 g/mol. The lowest BCUT2D eigenvalue weighted by Gasteiger charge is -2.16. The molecule has 1 atom stereocenters. The molecule has 0 saturated heterocycles. The predicted molar refractivity (Wildman–Crippen MR) is 77.2 cm³/mol. The van der Waals surface area contributed by atoms with Crippen molar-refractivity contribution < 1.29 is 0 Å². The van der Waals surface area contributed by atoms with Crippen molar-refractivity contribution in [1.29, 1.82) is 0 Å². The number of nitrogens with zero attached hydrogens (tertiary/aromatic N) is 3. The fraction of sp³-hybridized carbons (Fsp3) is 0.214. The summed E-state index contributed by atoms with van der Waals surface area (Å²) in [6, 6.07) is 10.4. The number of nitrogens with one attached hydrogen (secondary N) is 1. The fourth-order valence-electron chi connectivity index (χ4n) is 2.16. The lowest BCUT2D eigenvalue weighted by Crippen LogP contribution is -2.22. The van der Waals surface area contributed by atoms with E-state index in [0.717, 1.165) is 23.1 Å². The summed E-state index contributed by atoms with van der Waals surface area (Å²) in [5, 5.41) is 4.59. The Morgan fingerprint density at radius 2 is 2.26 bits per heavy atom. The molecule has 5 heteroatoms. The number of benzene rings is 1. The lowest BCUT2D eigenvalue weighted by atomic mass is 10.0. The Hall–Kier alpha value is -1.85. The van der Waals surface area contributed by atoms with Crippen molar-refractivity contribution in [1.82, 2.24) is 19.0 Å². The smallest absolute Gasteiger partial charge is 0.0957 e. The molecule has 19 heavy (non-hydrogen) atoms. The normalized spacial score (nSPS) is 12.7. The maximum Gasteiger partial charge on any atom is 0.0957 e. The van der Waals surface area contributed by atoms with Crippen LogP contribution in [0.4, 0.5) is 0 Å². The topological polar surface area (TPSA) is 50.7 Å². The highest BCUT2D eigenvalue weighted by molar-refractivity contribution is 6.99. The predicted octanol–water partition coefficient (Wildman–Crippen LogP) is 2.79. The van der Waals surface area contributed by atoms with Gasteiger partial charge in [-0.05, 0) is 24.2 Å². The fourth-order valence-corrected chi connectivity index (χ4v) is 2.61. The highest BCUT2D eigenvalue weighted by Gasteiger charge is 2.16. The molecule has 0 saturated carbocycles. The van der Waals surface area contributed by atoms with Crippen molar-refractivity contribution in [3.63, 3.8) is 0 Å². The van der Waals surface area contributed by atoms with Crippen LogP contribution in [0.25, 0.3) is 10.9 Å². The molecule has 0 amide bonds. The molecule has 0 bridgehead atoms. The van der Waals surface area contributed by atoms with Gasteiger partial charge in [0.1, 0.15) is 0 Å². The van der Waals surface area contributed by atoms with Crippen LogP contribution in [0.1, 0.15) is 24.2 Å². The second kappa shape index (κ2) is 5.42. The summed E-state index contributed by atoms with van der Waals surface area (Å²) in [7, 11) is 0. The van der Waals surface area contributed by atoms with Gasteiger partial charge in [0.15, 0.2) is 0 Å². The van der Waals surface area contributed by atoms with Gasteiger partial charge >= 0.3 is 0 Å². The molecular weight excluding hydrogens is 256 g/mol. The molecule has 0 aliphatic rings. The van der Waals surface area contributed by atoms with E-state index in [-0.39, 0.29) is 6.04 Å². The van der Waals surface area contributed by atoms with Crippen LogP contribution < -0.4 is 5.32 Å². The number of hydrogen-bond acceptors (Lipinski definition) is 5. The van der Waals surface area contributed by atoms with Gasteiger partial charge in [0.25, 0.3) is 0 Å². The van der Waals surface area contributed by atoms with Gasteiger partial charge in [-0.2, -0.15) is 8.75 Å². The van der Waals surface area contributed by atoms with E-state index in [1.54, 1.807) is 0 Å². The molecule has 3 rings (SSSR count). The van der Waals surface area contributed by atoms with Gasteiger partial charge in [0.2, 0.25) is 0 Å². The standard InChI is InChI=1S/C14H14N4S/c1-2-15-14(13-9-17-19-18-13)11-6-5-10-4-3-7-16-12(10)8-11/h3-9,14-15H,2H2,1H3. The quantitative estimate of drug-likeness (QED) is 0.792. The van der Waals surface area contributed by atoms with E-state index in [0.29, 0.717) is 0 Å². The summed E-state index contributed by atoms with van der Waals surface area (Å²) in [5.41, 5.74) is 3.13. The molecule has 0 spiro atoms. The maximum atomic E-state index is 4.40. The highest BCUT2D eigenvalue weighted by atomic mass is 32.1. The molecule has 0 radical (unpaired) electrons. The first-order valence-electron chi connectivity index (χ1n) is 6.24. The Bertz CT molecular complexity index is 666. The van der Waals surface area contributed by atoms with E-state index in [1.165, 1.54) is 17.3 Å². The van der Waals surface area contributed by atoms with Crippen molar-refractivity contribution in [2.45, 2.75) is 13.0 Å². The number of pyridine rings is 1. The summed E-state index contributed by atoms with van der Waals surface area (Å²) in [5.74, 6) is 0. The van der Waals surface area contributed by atoms with Gasteiger partial charge in [0, 0.05) is 11.6 Å². The molecule has 3 aromatic rings. The highest BCUT2D eigenvalue weighted by Crippen LogP contribution is 2.23. The van der Waals surface area contributed by atoms with Crippen LogP contribution in [0.5, 0.6) is 0 Å². The summed E-state index contributed by atoms with van der Waals surface area (Å²) in [6.07, 6.45) is 3.64. The number of rotatable bonds is 4. The molecule has 1 N–H and O–H groups in total. The van der Waals surface area contributed by atoms with E-state index < -0.39 is 0 Å².